The second-order valence-corrected chi connectivity index (χ2v) is 6.26. The first kappa shape index (κ1) is 14.8. The van der Waals surface area contributed by atoms with E-state index in [-0.39, 0.29) is 11.9 Å². The van der Waals surface area contributed by atoms with Crippen LogP contribution in [0.15, 0.2) is 0 Å². The van der Waals surface area contributed by atoms with Crippen LogP contribution in [0.3, 0.4) is 0 Å². The molecule has 1 saturated carbocycles. The summed E-state index contributed by atoms with van der Waals surface area (Å²) in [5.74, 6) is 0.126. The molecule has 1 amide bonds. The Balaban J connectivity index is 2.31. The molecule has 0 saturated heterocycles. The maximum atomic E-state index is 11.7. The summed E-state index contributed by atoms with van der Waals surface area (Å²) < 4.78 is 0.374. The highest BCUT2D eigenvalue weighted by Crippen LogP contribution is 2.39. The third-order valence-corrected chi connectivity index (χ3v) is 5.04. The lowest BCUT2D eigenvalue weighted by atomic mass is 10.1. The number of thioether (sulfide) groups is 1. The molecule has 2 N–H and O–H groups in total. The fourth-order valence-electron chi connectivity index (χ4n) is 2.31. The molecule has 0 aliphatic heterocycles. The third-order valence-electron chi connectivity index (χ3n) is 3.62. The van der Waals surface area contributed by atoms with E-state index in [1.54, 1.807) is 0 Å². The van der Waals surface area contributed by atoms with Crippen LogP contribution in [-0.2, 0) is 4.79 Å². The molecule has 1 rings (SSSR count). The summed E-state index contributed by atoms with van der Waals surface area (Å²) in [5.41, 5.74) is 0. The lowest BCUT2D eigenvalue weighted by Crippen LogP contribution is -2.47. The molecule has 0 heterocycles. The van der Waals surface area contributed by atoms with Crippen molar-refractivity contribution in [2.75, 3.05) is 19.3 Å². The van der Waals surface area contributed by atoms with Crippen molar-refractivity contribution in [3.63, 3.8) is 0 Å². The molecule has 1 aliphatic carbocycles. The van der Waals surface area contributed by atoms with E-state index < -0.39 is 0 Å². The molecule has 0 aromatic carbocycles. The Morgan fingerprint density at radius 2 is 2.06 bits per heavy atom. The van der Waals surface area contributed by atoms with Crippen LogP contribution in [0.5, 0.6) is 0 Å². The van der Waals surface area contributed by atoms with E-state index in [1.807, 2.05) is 18.7 Å². The fourth-order valence-corrected chi connectivity index (χ4v) is 3.23. The van der Waals surface area contributed by atoms with Crippen LogP contribution in [-0.4, -0.2) is 36.0 Å². The molecule has 1 unspecified atom stereocenters. The molecule has 0 aromatic rings. The van der Waals surface area contributed by atoms with Crippen molar-refractivity contribution in [2.24, 2.45) is 0 Å². The van der Waals surface area contributed by atoms with Gasteiger partial charge in [-0.15, -0.1) is 0 Å². The first-order valence-corrected chi connectivity index (χ1v) is 7.92. The number of hydrogen-bond donors (Lipinski definition) is 2. The molecule has 4 heteroatoms. The number of carbonyl (C=O) groups excluding carboxylic acids is 1. The smallest absolute Gasteiger partial charge is 0.236 e. The van der Waals surface area contributed by atoms with Crippen LogP contribution in [0.25, 0.3) is 0 Å². The first-order chi connectivity index (χ1) is 8.13. The van der Waals surface area contributed by atoms with Gasteiger partial charge in [0.15, 0.2) is 0 Å². The van der Waals surface area contributed by atoms with Gasteiger partial charge in [0, 0.05) is 17.8 Å². The van der Waals surface area contributed by atoms with Crippen molar-refractivity contribution in [3.05, 3.63) is 0 Å². The predicted molar refractivity (Wildman–Crippen MR) is 75.5 cm³/mol. The van der Waals surface area contributed by atoms with E-state index in [0.29, 0.717) is 4.75 Å². The average molecular weight is 258 g/mol. The summed E-state index contributed by atoms with van der Waals surface area (Å²) in [6.07, 6.45) is 8.41. The van der Waals surface area contributed by atoms with Crippen molar-refractivity contribution < 1.29 is 4.79 Å². The molecule has 0 bridgehead atoms. The number of carbonyl (C=O) groups is 1. The Morgan fingerprint density at radius 1 is 1.41 bits per heavy atom. The summed E-state index contributed by atoms with van der Waals surface area (Å²) in [6, 6.07) is -0.0776. The van der Waals surface area contributed by atoms with Gasteiger partial charge in [0.2, 0.25) is 5.91 Å². The highest BCUT2D eigenvalue weighted by molar-refractivity contribution is 8.00. The summed E-state index contributed by atoms with van der Waals surface area (Å²) >= 11 is 1.96. The van der Waals surface area contributed by atoms with Gasteiger partial charge in [-0.25, -0.2) is 0 Å². The maximum absolute atomic E-state index is 11.7. The molecule has 100 valence electrons. The van der Waals surface area contributed by atoms with Crippen molar-refractivity contribution in [1.29, 1.82) is 0 Å². The summed E-state index contributed by atoms with van der Waals surface area (Å²) in [6.45, 7) is 5.75. The SMILES string of the molecule is CCCNC(=O)C(C)NCC1(SC)CCCC1. The molecule has 0 radical (unpaired) electrons. The molecule has 17 heavy (non-hydrogen) atoms. The highest BCUT2D eigenvalue weighted by atomic mass is 32.2. The fraction of sp³-hybridized carbons (Fsp3) is 0.923. The minimum absolute atomic E-state index is 0.0776. The topological polar surface area (TPSA) is 41.1 Å². The standard InChI is InChI=1S/C13H26N2OS/c1-4-9-14-12(16)11(2)15-10-13(17-3)7-5-6-8-13/h11,15H,4-10H2,1-3H3,(H,14,16). The summed E-state index contributed by atoms with van der Waals surface area (Å²) in [7, 11) is 0. The molecule has 1 fully saturated rings. The van der Waals surface area contributed by atoms with E-state index >= 15 is 0 Å². The second-order valence-electron chi connectivity index (χ2n) is 4.99. The number of hydrogen-bond acceptors (Lipinski definition) is 3. The number of nitrogens with one attached hydrogen (secondary N) is 2. The van der Waals surface area contributed by atoms with E-state index in [9.17, 15) is 4.79 Å². The monoisotopic (exact) mass is 258 g/mol. The summed E-state index contributed by atoms with van der Waals surface area (Å²) in [5, 5.41) is 6.32. The molecule has 1 aliphatic rings. The lowest BCUT2D eigenvalue weighted by molar-refractivity contribution is -0.122. The second kappa shape index (κ2) is 7.27. The van der Waals surface area contributed by atoms with Crippen molar-refractivity contribution in [2.45, 2.75) is 56.7 Å². The van der Waals surface area contributed by atoms with E-state index in [4.69, 9.17) is 0 Å². The maximum Gasteiger partial charge on any atom is 0.236 e. The molecule has 0 aromatic heterocycles. The predicted octanol–water partition coefficient (Wildman–Crippen LogP) is 2.17. The Kier molecular flexibility index (Phi) is 6.34. The van der Waals surface area contributed by atoms with Crippen molar-refractivity contribution >= 4 is 17.7 Å². The zero-order chi connectivity index (χ0) is 12.7. The van der Waals surface area contributed by atoms with Gasteiger partial charge in [0.25, 0.3) is 0 Å². The van der Waals surface area contributed by atoms with Gasteiger partial charge in [0.1, 0.15) is 0 Å². The molecule has 1 atom stereocenters. The van der Waals surface area contributed by atoms with Crippen LogP contribution < -0.4 is 10.6 Å². The number of rotatable bonds is 7. The minimum Gasteiger partial charge on any atom is -0.355 e. The third kappa shape index (κ3) is 4.51. The Hall–Kier alpha value is -0.220. The summed E-state index contributed by atoms with van der Waals surface area (Å²) in [4.78, 5) is 11.7. The van der Waals surface area contributed by atoms with Gasteiger partial charge in [-0.05, 0) is 32.4 Å². The Bertz CT molecular complexity index is 240. The van der Waals surface area contributed by atoms with E-state index in [1.165, 1.54) is 25.7 Å². The van der Waals surface area contributed by atoms with Gasteiger partial charge < -0.3 is 10.6 Å². The van der Waals surface area contributed by atoms with E-state index in [2.05, 4.69) is 23.8 Å². The molecular formula is C13H26N2OS. The van der Waals surface area contributed by atoms with Gasteiger partial charge >= 0.3 is 0 Å². The van der Waals surface area contributed by atoms with Crippen LogP contribution >= 0.6 is 11.8 Å². The molecular weight excluding hydrogens is 232 g/mol. The first-order valence-electron chi connectivity index (χ1n) is 6.70. The van der Waals surface area contributed by atoms with Gasteiger partial charge in [-0.3, -0.25) is 4.79 Å². The quantitative estimate of drug-likeness (QED) is 0.735. The van der Waals surface area contributed by atoms with Crippen molar-refractivity contribution in [3.8, 4) is 0 Å². The van der Waals surface area contributed by atoms with E-state index in [0.717, 1.165) is 19.5 Å². The zero-order valence-electron chi connectivity index (χ0n) is 11.3. The van der Waals surface area contributed by atoms with Crippen molar-refractivity contribution in [1.82, 2.24) is 10.6 Å². The minimum atomic E-state index is -0.0776. The average Bonchev–Trinajstić information content (AvgIpc) is 2.82. The Labute approximate surface area is 109 Å². The van der Waals surface area contributed by atoms with Gasteiger partial charge in [0.05, 0.1) is 6.04 Å². The zero-order valence-corrected chi connectivity index (χ0v) is 12.2. The van der Waals surface area contributed by atoms with Gasteiger partial charge in [-0.1, -0.05) is 19.8 Å². The molecule has 3 nitrogen and oxygen atoms in total. The van der Waals surface area contributed by atoms with Crippen LogP contribution in [0.4, 0.5) is 0 Å². The lowest BCUT2D eigenvalue weighted by Gasteiger charge is -2.28. The molecule has 0 spiro atoms. The highest BCUT2D eigenvalue weighted by Gasteiger charge is 2.33. The number of amides is 1. The van der Waals surface area contributed by atoms with Crippen LogP contribution in [0.2, 0.25) is 0 Å². The Morgan fingerprint density at radius 3 is 2.59 bits per heavy atom. The van der Waals surface area contributed by atoms with Crippen LogP contribution in [0.1, 0.15) is 46.0 Å². The largest absolute Gasteiger partial charge is 0.355 e. The normalized spacial score (nSPS) is 20.2. The van der Waals surface area contributed by atoms with Gasteiger partial charge in [-0.2, -0.15) is 11.8 Å². The van der Waals surface area contributed by atoms with Crippen LogP contribution in [0, 0.1) is 0 Å².